The van der Waals surface area contributed by atoms with E-state index in [9.17, 15) is 14.4 Å². The van der Waals surface area contributed by atoms with E-state index in [4.69, 9.17) is 15.9 Å². The molecule has 0 aliphatic heterocycles. The Morgan fingerprint density at radius 3 is 2.15 bits per heavy atom. The first kappa shape index (κ1) is 18.4. The van der Waals surface area contributed by atoms with Gasteiger partial charge in [-0.15, -0.1) is 0 Å². The molecule has 0 aromatic carbocycles. The van der Waals surface area contributed by atoms with Crippen molar-refractivity contribution in [1.82, 2.24) is 5.32 Å². The van der Waals surface area contributed by atoms with Crippen molar-refractivity contribution in [3.63, 3.8) is 0 Å². The summed E-state index contributed by atoms with van der Waals surface area (Å²) < 4.78 is 0. The first-order valence-corrected chi connectivity index (χ1v) is 6.61. The molecule has 0 spiro atoms. The first-order valence-electron chi connectivity index (χ1n) is 6.61. The molecule has 0 radical (unpaired) electrons. The number of carboxylic acid groups (broad SMARTS) is 2. The highest BCUT2D eigenvalue weighted by atomic mass is 16.4. The van der Waals surface area contributed by atoms with Crippen LogP contribution in [0, 0.1) is 5.41 Å². The molecule has 0 rings (SSSR count). The van der Waals surface area contributed by atoms with Crippen molar-refractivity contribution < 1.29 is 24.6 Å². The molecule has 0 saturated heterocycles. The number of hydrogen-bond acceptors (Lipinski definition) is 4. The molecule has 0 bridgehead atoms. The normalized spacial score (nSPS) is 12.8. The minimum atomic E-state index is -0.983. The van der Waals surface area contributed by atoms with E-state index >= 15 is 0 Å². The monoisotopic (exact) mass is 288 g/mol. The lowest BCUT2D eigenvalue weighted by molar-refractivity contribution is -0.138. The molecule has 5 N–H and O–H groups in total. The maximum Gasteiger partial charge on any atom is 0.303 e. The first-order chi connectivity index (χ1) is 9.14. The van der Waals surface area contributed by atoms with Gasteiger partial charge >= 0.3 is 11.9 Å². The second kappa shape index (κ2) is 8.52. The topological polar surface area (TPSA) is 130 Å². The molecular weight excluding hydrogens is 264 g/mol. The SMILES string of the molecule is CC(C)(CCNC(=O)C(N)CCC(=O)O)CCC(=O)O. The lowest BCUT2D eigenvalue weighted by Gasteiger charge is -2.24. The number of nitrogens with two attached hydrogens (primary N) is 1. The Bertz CT molecular complexity index is 355. The van der Waals surface area contributed by atoms with Gasteiger partial charge in [0, 0.05) is 19.4 Å². The van der Waals surface area contributed by atoms with Gasteiger partial charge in [-0.25, -0.2) is 0 Å². The fourth-order valence-corrected chi connectivity index (χ4v) is 1.64. The molecule has 116 valence electrons. The number of carbonyl (C=O) groups excluding carboxylic acids is 1. The van der Waals surface area contributed by atoms with Crippen LogP contribution >= 0.6 is 0 Å². The summed E-state index contributed by atoms with van der Waals surface area (Å²) in [5, 5.41) is 19.8. The quantitative estimate of drug-likeness (QED) is 0.465. The van der Waals surface area contributed by atoms with E-state index in [1.54, 1.807) is 0 Å². The van der Waals surface area contributed by atoms with Crippen molar-refractivity contribution in [2.24, 2.45) is 11.1 Å². The van der Waals surface area contributed by atoms with Gasteiger partial charge in [0.25, 0.3) is 0 Å². The number of aliphatic carboxylic acids is 2. The van der Waals surface area contributed by atoms with Gasteiger partial charge in [-0.3, -0.25) is 14.4 Å². The highest BCUT2D eigenvalue weighted by Gasteiger charge is 2.20. The van der Waals surface area contributed by atoms with Crippen molar-refractivity contribution >= 4 is 17.8 Å². The van der Waals surface area contributed by atoms with E-state index in [1.807, 2.05) is 13.8 Å². The standard InChI is InChI=1S/C13H24N2O5/c1-13(2,6-5-11(18)19)7-8-15-12(20)9(14)3-4-10(16)17/h9H,3-8,14H2,1-2H3,(H,15,20)(H,16,17)(H,18,19). The van der Waals surface area contributed by atoms with E-state index in [-0.39, 0.29) is 30.6 Å². The summed E-state index contributed by atoms with van der Waals surface area (Å²) in [6.07, 6.45) is 1.22. The molecule has 0 aliphatic rings. The molecule has 7 heteroatoms. The highest BCUT2D eigenvalue weighted by Crippen LogP contribution is 2.25. The second-order valence-corrected chi connectivity index (χ2v) is 5.64. The van der Waals surface area contributed by atoms with Crippen LogP contribution in [0.25, 0.3) is 0 Å². The van der Waals surface area contributed by atoms with Crippen molar-refractivity contribution in [1.29, 1.82) is 0 Å². The predicted octanol–water partition coefficient (Wildman–Crippen LogP) is 0.576. The van der Waals surface area contributed by atoms with E-state index < -0.39 is 18.0 Å². The van der Waals surface area contributed by atoms with Gasteiger partial charge in [0.2, 0.25) is 5.91 Å². The molecule has 0 fully saturated rings. The average Bonchev–Trinajstić information content (AvgIpc) is 2.33. The molecule has 0 aromatic rings. The summed E-state index contributed by atoms with van der Waals surface area (Å²) in [5.41, 5.74) is 5.38. The van der Waals surface area contributed by atoms with Gasteiger partial charge in [-0.1, -0.05) is 13.8 Å². The Morgan fingerprint density at radius 2 is 1.65 bits per heavy atom. The van der Waals surface area contributed by atoms with Gasteiger partial charge < -0.3 is 21.3 Å². The Balaban J connectivity index is 3.94. The zero-order valence-electron chi connectivity index (χ0n) is 12.0. The van der Waals surface area contributed by atoms with E-state index in [0.717, 1.165) is 0 Å². The molecule has 0 aromatic heterocycles. The summed E-state index contributed by atoms with van der Waals surface area (Å²) in [4.78, 5) is 32.5. The van der Waals surface area contributed by atoms with Crippen molar-refractivity contribution in [3.8, 4) is 0 Å². The average molecular weight is 288 g/mol. The van der Waals surface area contributed by atoms with Crippen LogP contribution < -0.4 is 11.1 Å². The van der Waals surface area contributed by atoms with Crippen LogP contribution in [-0.2, 0) is 14.4 Å². The predicted molar refractivity (Wildman–Crippen MR) is 73.1 cm³/mol. The van der Waals surface area contributed by atoms with E-state index in [2.05, 4.69) is 5.32 Å². The summed E-state index contributed by atoms with van der Waals surface area (Å²) >= 11 is 0. The maximum absolute atomic E-state index is 11.6. The highest BCUT2D eigenvalue weighted by molar-refractivity contribution is 5.82. The molecular formula is C13H24N2O5. The summed E-state index contributed by atoms with van der Waals surface area (Å²) in [5.74, 6) is -2.19. The Labute approximate surface area is 118 Å². The zero-order valence-corrected chi connectivity index (χ0v) is 12.0. The van der Waals surface area contributed by atoms with E-state index in [1.165, 1.54) is 0 Å². The van der Waals surface area contributed by atoms with Crippen LogP contribution in [0.2, 0.25) is 0 Å². The molecule has 20 heavy (non-hydrogen) atoms. The number of hydrogen-bond donors (Lipinski definition) is 4. The minimum Gasteiger partial charge on any atom is -0.481 e. The lowest BCUT2D eigenvalue weighted by Crippen LogP contribution is -2.42. The van der Waals surface area contributed by atoms with Crippen LogP contribution in [0.5, 0.6) is 0 Å². The number of amides is 1. The molecule has 0 heterocycles. The summed E-state index contributed by atoms with van der Waals surface area (Å²) in [6, 6.07) is -0.826. The van der Waals surface area contributed by atoms with Crippen LogP contribution in [0.15, 0.2) is 0 Å². The third kappa shape index (κ3) is 9.32. The van der Waals surface area contributed by atoms with Gasteiger partial charge in [0.05, 0.1) is 6.04 Å². The van der Waals surface area contributed by atoms with Crippen molar-refractivity contribution in [3.05, 3.63) is 0 Å². The third-order valence-corrected chi connectivity index (χ3v) is 3.12. The Hall–Kier alpha value is -1.63. The van der Waals surface area contributed by atoms with Crippen LogP contribution in [0.1, 0.15) is 46.0 Å². The number of carboxylic acids is 2. The van der Waals surface area contributed by atoms with Crippen LogP contribution in [0.3, 0.4) is 0 Å². The van der Waals surface area contributed by atoms with Gasteiger partial charge in [0.15, 0.2) is 0 Å². The van der Waals surface area contributed by atoms with Crippen LogP contribution in [-0.4, -0.2) is 40.6 Å². The number of nitrogens with one attached hydrogen (secondary N) is 1. The summed E-state index contributed by atoms with van der Waals surface area (Å²) in [6.45, 7) is 4.27. The fraction of sp³-hybridized carbons (Fsp3) is 0.769. The fourth-order valence-electron chi connectivity index (χ4n) is 1.64. The second-order valence-electron chi connectivity index (χ2n) is 5.64. The molecule has 1 unspecified atom stereocenters. The largest absolute Gasteiger partial charge is 0.481 e. The van der Waals surface area contributed by atoms with Crippen LogP contribution in [0.4, 0.5) is 0 Å². The molecule has 1 amide bonds. The molecule has 1 atom stereocenters. The Morgan fingerprint density at radius 1 is 1.10 bits per heavy atom. The smallest absolute Gasteiger partial charge is 0.303 e. The molecule has 0 saturated carbocycles. The molecule has 0 aliphatic carbocycles. The lowest BCUT2D eigenvalue weighted by atomic mass is 9.84. The number of carbonyl (C=O) groups is 3. The van der Waals surface area contributed by atoms with Gasteiger partial charge in [-0.2, -0.15) is 0 Å². The minimum absolute atomic E-state index is 0.0963. The van der Waals surface area contributed by atoms with Gasteiger partial charge in [0.1, 0.15) is 0 Å². The molecule has 7 nitrogen and oxygen atoms in total. The summed E-state index contributed by atoms with van der Waals surface area (Å²) in [7, 11) is 0. The maximum atomic E-state index is 11.6. The van der Waals surface area contributed by atoms with Crippen molar-refractivity contribution in [2.75, 3.05) is 6.54 Å². The van der Waals surface area contributed by atoms with Gasteiger partial charge in [-0.05, 0) is 24.7 Å². The third-order valence-electron chi connectivity index (χ3n) is 3.12. The van der Waals surface area contributed by atoms with E-state index in [0.29, 0.717) is 19.4 Å². The number of rotatable bonds is 10. The Kier molecular flexibility index (Phi) is 7.83. The van der Waals surface area contributed by atoms with Crippen molar-refractivity contribution in [2.45, 2.75) is 52.0 Å². The zero-order chi connectivity index (χ0) is 15.8.